The van der Waals surface area contributed by atoms with Crippen LogP contribution in [0.4, 0.5) is 8.78 Å². The van der Waals surface area contributed by atoms with Crippen LogP contribution in [0.15, 0.2) is 18.2 Å². The van der Waals surface area contributed by atoms with E-state index >= 15 is 0 Å². The van der Waals surface area contributed by atoms with Gasteiger partial charge in [-0.05, 0) is 12.1 Å². The van der Waals surface area contributed by atoms with Crippen molar-refractivity contribution in [3.8, 4) is 0 Å². The Morgan fingerprint density at radius 1 is 1.27 bits per heavy atom. The van der Waals surface area contributed by atoms with E-state index in [0.717, 1.165) is 0 Å². The van der Waals surface area contributed by atoms with E-state index in [9.17, 15) is 13.6 Å². The smallest absolute Gasteiger partial charge is 0.139 e. The Morgan fingerprint density at radius 3 is 2.20 bits per heavy atom. The van der Waals surface area contributed by atoms with Crippen LogP contribution in [0.2, 0.25) is 0 Å². The number of rotatable bonds is 1. The van der Waals surface area contributed by atoms with Gasteiger partial charge in [0, 0.05) is 23.3 Å². The first kappa shape index (κ1) is 10.3. The zero-order valence-corrected chi connectivity index (χ0v) is 8.68. The zero-order valence-electron chi connectivity index (χ0n) is 8.68. The molecule has 1 aromatic rings. The molecule has 0 radical (unpaired) electrons. The summed E-state index contributed by atoms with van der Waals surface area (Å²) in [7, 11) is 0. The molecular formula is C12H12F2O. The molecule has 0 amide bonds. The number of benzene rings is 1. The third kappa shape index (κ3) is 1.37. The molecule has 0 bridgehead atoms. The maximum Gasteiger partial charge on any atom is 0.139 e. The standard InChI is InChI=1S/C12H12F2O/c1-12(2)7(6-10(12)15)11-8(13)4-3-5-9(11)14/h3-5,7H,6H2,1-2H3. The molecule has 80 valence electrons. The molecule has 3 heteroatoms. The Kier molecular flexibility index (Phi) is 2.14. The highest BCUT2D eigenvalue weighted by atomic mass is 19.1. The van der Waals surface area contributed by atoms with Crippen LogP contribution in [0.1, 0.15) is 31.7 Å². The average Bonchev–Trinajstić information content (AvgIpc) is 2.16. The van der Waals surface area contributed by atoms with Gasteiger partial charge in [-0.3, -0.25) is 4.79 Å². The number of hydrogen-bond donors (Lipinski definition) is 0. The molecule has 1 nitrogen and oxygen atoms in total. The fourth-order valence-corrected chi connectivity index (χ4v) is 2.07. The maximum absolute atomic E-state index is 13.4. The van der Waals surface area contributed by atoms with Crippen molar-refractivity contribution in [2.45, 2.75) is 26.2 Å². The van der Waals surface area contributed by atoms with Crippen molar-refractivity contribution in [3.05, 3.63) is 35.4 Å². The minimum atomic E-state index is -0.636. The third-order valence-corrected chi connectivity index (χ3v) is 3.33. The lowest BCUT2D eigenvalue weighted by atomic mass is 9.59. The molecule has 1 aromatic carbocycles. The first-order valence-electron chi connectivity index (χ1n) is 4.92. The number of hydrogen-bond acceptors (Lipinski definition) is 1. The predicted molar refractivity (Wildman–Crippen MR) is 52.5 cm³/mol. The molecule has 1 saturated carbocycles. The van der Waals surface area contributed by atoms with Gasteiger partial charge >= 0.3 is 0 Å². The average molecular weight is 210 g/mol. The van der Waals surface area contributed by atoms with E-state index in [2.05, 4.69) is 0 Å². The van der Waals surface area contributed by atoms with Crippen LogP contribution in [-0.2, 0) is 4.79 Å². The van der Waals surface area contributed by atoms with Crippen molar-refractivity contribution >= 4 is 5.78 Å². The predicted octanol–water partition coefficient (Wildman–Crippen LogP) is 3.05. The molecule has 1 aliphatic carbocycles. The number of carbonyl (C=O) groups excluding carboxylic acids is 1. The van der Waals surface area contributed by atoms with E-state index in [4.69, 9.17) is 0 Å². The topological polar surface area (TPSA) is 17.1 Å². The van der Waals surface area contributed by atoms with E-state index in [1.165, 1.54) is 18.2 Å². The molecule has 15 heavy (non-hydrogen) atoms. The molecule has 1 unspecified atom stereocenters. The van der Waals surface area contributed by atoms with Gasteiger partial charge in [-0.15, -0.1) is 0 Å². The SMILES string of the molecule is CC1(C)C(=O)CC1c1c(F)cccc1F. The van der Waals surface area contributed by atoms with Gasteiger partial charge in [-0.1, -0.05) is 19.9 Å². The van der Waals surface area contributed by atoms with Crippen molar-refractivity contribution in [2.75, 3.05) is 0 Å². The highest BCUT2D eigenvalue weighted by Gasteiger charge is 2.49. The molecular weight excluding hydrogens is 198 g/mol. The number of carbonyl (C=O) groups is 1. The molecule has 0 N–H and O–H groups in total. The van der Waals surface area contributed by atoms with E-state index < -0.39 is 17.0 Å². The van der Waals surface area contributed by atoms with Crippen molar-refractivity contribution < 1.29 is 13.6 Å². The minimum Gasteiger partial charge on any atom is -0.299 e. The van der Waals surface area contributed by atoms with Crippen molar-refractivity contribution in [1.82, 2.24) is 0 Å². The van der Waals surface area contributed by atoms with Gasteiger partial charge in [-0.25, -0.2) is 8.78 Å². The van der Waals surface area contributed by atoms with Crippen LogP contribution >= 0.6 is 0 Å². The summed E-state index contributed by atoms with van der Waals surface area (Å²) in [6.07, 6.45) is 0.241. The van der Waals surface area contributed by atoms with Crippen LogP contribution in [0.5, 0.6) is 0 Å². The third-order valence-electron chi connectivity index (χ3n) is 3.33. The van der Waals surface area contributed by atoms with Crippen LogP contribution in [0.3, 0.4) is 0 Å². The lowest BCUT2D eigenvalue weighted by molar-refractivity contribution is -0.138. The fraction of sp³-hybridized carbons (Fsp3) is 0.417. The quantitative estimate of drug-likeness (QED) is 0.696. The lowest BCUT2D eigenvalue weighted by Crippen LogP contribution is -2.44. The normalized spacial score (nSPS) is 23.7. The van der Waals surface area contributed by atoms with Gasteiger partial charge in [0.15, 0.2) is 0 Å². The second-order valence-corrected chi connectivity index (χ2v) is 4.54. The highest BCUT2D eigenvalue weighted by Crippen LogP contribution is 2.50. The second-order valence-electron chi connectivity index (χ2n) is 4.54. The zero-order chi connectivity index (χ0) is 11.2. The molecule has 2 rings (SSSR count). The van der Waals surface area contributed by atoms with Crippen LogP contribution in [0.25, 0.3) is 0 Å². The first-order valence-corrected chi connectivity index (χ1v) is 4.92. The second kappa shape index (κ2) is 3.12. The molecule has 0 saturated heterocycles. The van der Waals surface area contributed by atoms with Crippen molar-refractivity contribution in [2.24, 2.45) is 5.41 Å². The Balaban J connectivity index is 2.44. The summed E-state index contributed by atoms with van der Waals surface area (Å²) in [6, 6.07) is 3.80. The highest BCUT2D eigenvalue weighted by molar-refractivity contribution is 5.92. The number of ketones is 1. The summed E-state index contributed by atoms with van der Waals surface area (Å²) < 4.78 is 26.9. The summed E-state index contributed by atoms with van der Waals surface area (Å²) in [5, 5.41) is 0. The molecule has 1 aliphatic rings. The Morgan fingerprint density at radius 2 is 1.80 bits per heavy atom. The Labute approximate surface area is 87.1 Å². The molecule has 0 heterocycles. The largest absolute Gasteiger partial charge is 0.299 e. The summed E-state index contributed by atoms with van der Waals surface area (Å²) in [4.78, 5) is 11.3. The van der Waals surface area contributed by atoms with Gasteiger partial charge < -0.3 is 0 Å². The van der Waals surface area contributed by atoms with Crippen LogP contribution < -0.4 is 0 Å². The monoisotopic (exact) mass is 210 g/mol. The van der Waals surface area contributed by atoms with E-state index in [1.54, 1.807) is 13.8 Å². The lowest BCUT2D eigenvalue weighted by Gasteiger charge is -2.42. The number of halogens is 2. The Hall–Kier alpha value is -1.25. The van der Waals surface area contributed by atoms with E-state index in [0.29, 0.717) is 0 Å². The van der Waals surface area contributed by atoms with Gasteiger partial charge in [0.25, 0.3) is 0 Å². The van der Waals surface area contributed by atoms with E-state index in [-0.39, 0.29) is 23.7 Å². The number of Topliss-reactive ketones (excluding diaryl/α,β-unsaturated/α-hetero) is 1. The minimum absolute atomic E-state index is 0.0575. The van der Waals surface area contributed by atoms with Gasteiger partial charge in [0.05, 0.1) is 0 Å². The van der Waals surface area contributed by atoms with Crippen molar-refractivity contribution in [3.63, 3.8) is 0 Å². The fourth-order valence-electron chi connectivity index (χ4n) is 2.07. The van der Waals surface area contributed by atoms with Gasteiger partial charge in [-0.2, -0.15) is 0 Å². The summed E-state index contributed by atoms with van der Waals surface area (Å²) in [5.74, 6) is -1.37. The van der Waals surface area contributed by atoms with Gasteiger partial charge in [0.1, 0.15) is 17.4 Å². The van der Waals surface area contributed by atoms with Crippen LogP contribution in [-0.4, -0.2) is 5.78 Å². The molecule has 0 aliphatic heterocycles. The Bertz CT molecular complexity index is 403. The molecule has 0 aromatic heterocycles. The maximum atomic E-state index is 13.4. The van der Waals surface area contributed by atoms with Crippen LogP contribution in [0, 0.1) is 17.0 Å². The summed E-state index contributed by atoms with van der Waals surface area (Å²) in [6.45, 7) is 3.46. The molecule has 1 fully saturated rings. The van der Waals surface area contributed by atoms with Crippen molar-refractivity contribution in [1.29, 1.82) is 0 Å². The van der Waals surface area contributed by atoms with Gasteiger partial charge in [0.2, 0.25) is 0 Å². The summed E-state index contributed by atoms with van der Waals surface area (Å²) >= 11 is 0. The van der Waals surface area contributed by atoms with E-state index in [1.807, 2.05) is 0 Å². The molecule has 0 spiro atoms. The molecule has 1 atom stereocenters. The summed E-state index contributed by atoms with van der Waals surface area (Å²) in [5.41, 5.74) is -0.578. The first-order chi connectivity index (χ1) is 6.94.